The van der Waals surface area contributed by atoms with E-state index in [1.54, 1.807) is 0 Å². The van der Waals surface area contributed by atoms with Gasteiger partial charge in [0.2, 0.25) is 11.8 Å². The van der Waals surface area contributed by atoms with Crippen molar-refractivity contribution in [3.63, 3.8) is 0 Å². The Kier molecular flexibility index (Phi) is 4.08. The molecule has 1 aliphatic rings. The lowest BCUT2D eigenvalue weighted by atomic mass is 10.4. The lowest BCUT2D eigenvalue weighted by Crippen LogP contribution is -2.29. The van der Waals surface area contributed by atoms with Crippen molar-refractivity contribution in [3.8, 4) is 0 Å². The Balaban J connectivity index is 1.65. The van der Waals surface area contributed by atoms with Gasteiger partial charge in [0.05, 0.1) is 0 Å². The van der Waals surface area contributed by atoms with Gasteiger partial charge in [-0.25, -0.2) is 0 Å². The second-order valence-electron chi connectivity index (χ2n) is 4.06. The molecular formula is C11H17N3O3. The van der Waals surface area contributed by atoms with Crippen LogP contribution < -0.4 is 5.32 Å². The molecule has 1 aliphatic carbocycles. The first kappa shape index (κ1) is 12.0. The van der Waals surface area contributed by atoms with Crippen LogP contribution in [0.15, 0.2) is 4.52 Å². The molecule has 1 N–H and O–H groups in total. The van der Waals surface area contributed by atoms with Crippen molar-refractivity contribution in [3.05, 3.63) is 11.7 Å². The fourth-order valence-electron chi connectivity index (χ4n) is 1.42. The molecular weight excluding hydrogens is 222 g/mol. The molecule has 1 aromatic heterocycles. The number of carbonyl (C=O) groups is 1. The van der Waals surface area contributed by atoms with Gasteiger partial charge in [-0.05, 0) is 19.8 Å². The highest BCUT2D eigenvalue weighted by atomic mass is 16.5. The predicted octanol–water partition coefficient (Wildman–Crippen LogP) is 0.642. The summed E-state index contributed by atoms with van der Waals surface area (Å²) < 4.78 is 10.1. The first-order chi connectivity index (χ1) is 8.29. The summed E-state index contributed by atoms with van der Waals surface area (Å²) in [6.07, 6.45) is 2.88. The summed E-state index contributed by atoms with van der Waals surface area (Å²) in [5.41, 5.74) is 0. The third kappa shape index (κ3) is 3.81. The van der Waals surface area contributed by atoms with E-state index in [9.17, 15) is 4.79 Å². The lowest BCUT2D eigenvalue weighted by Gasteiger charge is -2.02. The van der Waals surface area contributed by atoms with Gasteiger partial charge in [-0.1, -0.05) is 5.16 Å². The van der Waals surface area contributed by atoms with Crippen LogP contribution in [0.1, 0.15) is 37.4 Å². The van der Waals surface area contributed by atoms with Crippen LogP contribution in [0, 0.1) is 0 Å². The molecule has 0 bridgehead atoms. The molecule has 0 saturated heterocycles. The van der Waals surface area contributed by atoms with Gasteiger partial charge in [-0.15, -0.1) is 0 Å². The SMILES string of the molecule is CCOCC(=O)NCCc1noc(C2CC2)n1. The van der Waals surface area contributed by atoms with Crippen LogP contribution in [0.2, 0.25) is 0 Å². The normalized spacial score (nSPS) is 14.9. The van der Waals surface area contributed by atoms with Gasteiger partial charge in [0.1, 0.15) is 6.61 Å². The second-order valence-corrected chi connectivity index (χ2v) is 4.06. The third-order valence-corrected chi connectivity index (χ3v) is 2.52. The molecule has 0 aliphatic heterocycles. The minimum absolute atomic E-state index is 0.107. The molecule has 6 heteroatoms. The maximum atomic E-state index is 11.2. The van der Waals surface area contributed by atoms with Gasteiger partial charge in [-0.2, -0.15) is 4.98 Å². The van der Waals surface area contributed by atoms with Crippen molar-refractivity contribution in [1.29, 1.82) is 0 Å². The second kappa shape index (κ2) is 5.77. The van der Waals surface area contributed by atoms with Gasteiger partial charge in [0, 0.05) is 25.5 Å². The monoisotopic (exact) mass is 239 g/mol. The number of carbonyl (C=O) groups excluding carboxylic acids is 1. The van der Waals surface area contributed by atoms with Gasteiger partial charge in [0.25, 0.3) is 0 Å². The van der Waals surface area contributed by atoms with Crippen LogP contribution in [0.5, 0.6) is 0 Å². The number of nitrogens with one attached hydrogen (secondary N) is 1. The van der Waals surface area contributed by atoms with Crippen LogP contribution >= 0.6 is 0 Å². The third-order valence-electron chi connectivity index (χ3n) is 2.52. The zero-order chi connectivity index (χ0) is 12.1. The predicted molar refractivity (Wildman–Crippen MR) is 59.5 cm³/mol. The largest absolute Gasteiger partial charge is 0.372 e. The van der Waals surface area contributed by atoms with Gasteiger partial charge < -0.3 is 14.6 Å². The molecule has 1 aromatic rings. The molecule has 0 radical (unpaired) electrons. The van der Waals surface area contributed by atoms with Crippen LogP contribution in [0.25, 0.3) is 0 Å². The molecule has 94 valence electrons. The molecule has 1 heterocycles. The van der Waals surface area contributed by atoms with Crippen molar-refractivity contribution in [2.75, 3.05) is 19.8 Å². The van der Waals surface area contributed by atoms with E-state index in [0.29, 0.717) is 31.3 Å². The quantitative estimate of drug-likeness (QED) is 0.755. The van der Waals surface area contributed by atoms with Gasteiger partial charge in [-0.3, -0.25) is 4.79 Å². The minimum Gasteiger partial charge on any atom is -0.372 e. The summed E-state index contributed by atoms with van der Waals surface area (Å²) in [4.78, 5) is 15.5. The van der Waals surface area contributed by atoms with E-state index in [1.807, 2.05) is 6.92 Å². The van der Waals surface area contributed by atoms with Crippen molar-refractivity contribution in [2.45, 2.75) is 32.1 Å². The number of hydrogen-bond donors (Lipinski definition) is 1. The van der Waals surface area contributed by atoms with Crippen molar-refractivity contribution in [1.82, 2.24) is 15.5 Å². The van der Waals surface area contributed by atoms with E-state index < -0.39 is 0 Å². The molecule has 1 saturated carbocycles. The zero-order valence-corrected chi connectivity index (χ0v) is 9.94. The summed E-state index contributed by atoms with van der Waals surface area (Å²) in [5, 5.41) is 6.60. The standard InChI is InChI=1S/C11H17N3O3/c1-2-16-7-10(15)12-6-5-9-13-11(17-14-9)8-3-4-8/h8H,2-7H2,1H3,(H,12,15). The Morgan fingerprint density at radius 3 is 3.12 bits per heavy atom. The summed E-state index contributed by atoms with van der Waals surface area (Å²) in [6.45, 7) is 3.01. The number of amides is 1. The van der Waals surface area contributed by atoms with Crippen LogP contribution in [0.3, 0.4) is 0 Å². The van der Waals surface area contributed by atoms with Crippen molar-refractivity contribution in [2.24, 2.45) is 0 Å². The Labute approximate surface area is 99.7 Å². The average Bonchev–Trinajstić information content (AvgIpc) is 3.07. The fourth-order valence-corrected chi connectivity index (χ4v) is 1.42. The van der Waals surface area contributed by atoms with Gasteiger partial charge >= 0.3 is 0 Å². The Hall–Kier alpha value is -1.43. The Bertz CT molecular complexity index is 374. The highest BCUT2D eigenvalue weighted by Gasteiger charge is 2.29. The molecule has 0 aromatic carbocycles. The molecule has 1 fully saturated rings. The fraction of sp³-hybridized carbons (Fsp3) is 0.727. The topological polar surface area (TPSA) is 77.2 Å². The molecule has 0 unspecified atom stereocenters. The molecule has 0 spiro atoms. The number of ether oxygens (including phenoxy) is 1. The number of hydrogen-bond acceptors (Lipinski definition) is 5. The lowest BCUT2D eigenvalue weighted by molar-refractivity contribution is -0.125. The maximum Gasteiger partial charge on any atom is 0.246 e. The highest BCUT2D eigenvalue weighted by molar-refractivity contribution is 5.77. The van der Waals surface area contributed by atoms with E-state index in [1.165, 1.54) is 0 Å². The van der Waals surface area contributed by atoms with E-state index in [2.05, 4.69) is 15.5 Å². The molecule has 1 amide bonds. The Morgan fingerprint density at radius 2 is 2.41 bits per heavy atom. The summed E-state index contributed by atoms with van der Waals surface area (Å²) >= 11 is 0. The van der Waals surface area contributed by atoms with E-state index >= 15 is 0 Å². The van der Waals surface area contributed by atoms with Crippen LogP contribution in [-0.2, 0) is 16.0 Å². The minimum atomic E-state index is -0.113. The summed E-state index contributed by atoms with van der Waals surface area (Å²) in [7, 11) is 0. The van der Waals surface area contributed by atoms with E-state index in [0.717, 1.165) is 18.7 Å². The maximum absolute atomic E-state index is 11.2. The summed E-state index contributed by atoms with van der Waals surface area (Å²) in [6, 6.07) is 0. The van der Waals surface area contributed by atoms with E-state index in [-0.39, 0.29) is 12.5 Å². The van der Waals surface area contributed by atoms with Gasteiger partial charge in [0.15, 0.2) is 5.82 Å². The molecule has 2 rings (SSSR count). The van der Waals surface area contributed by atoms with Crippen molar-refractivity contribution < 1.29 is 14.1 Å². The highest BCUT2D eigenvalue weighted by Crippen LogP contribution is 2.38. The number of nitrogens with zero attached hydrogens (tertiary/aromatic N) is 2. The molecule has 17 heavy (non-hydrogen) atoms. The number of aromatic nitrogens is 2. The average molecular weight is 239 g/mol. The number of rotatable bonds is 7. The Morgan fingerprint density at radius 1 is 1.59 bits per heavy atom. The summed E-state index contributed by atoms with van der Waals surface area (Å²) in [5.74, 6) is 1.76. The van der Waals surface area contributed by atoms with Crippen LogP contribution in [-0.4, -0.2) is 35.8 Å². The molecule has 6 nitrogen and oxygen atoms in total. The zero-order valence-electron chi connectivity index (χ0n) is 9.94. The first-order valence-electron chi connectivity index (χ1n) is 5.96. The van der Waals surface area contributed by atoms with Crippen molar-refractivity contribution >= 4 is 5.91 Å². The van der Waals surface area contributed by atoms with Crippen LogP contribution in [0.4, 0.5) is 0 Å². The first-order valence-corrected chi connectivity index (χ1v) is 5.96. The molecule has 0 atom stereocenters. The van der Waals surface area contributed by atoms with E-state index in [4.69, 9.17) is 9.26 Å². The smallest absolute Gasteiger partial charge is 0.246 e.